The molecule has 0 fully saturated rings. The Morgan fingerprint density at radius 3 is 2.87 bits per heavy atom. The predicted octanol–water partition coefficient (Wildman–Crippen LogP) is 2.87. The molecule has 0 radical (unpaired) electrons. The number of pyridine rings is 2. The Kier molecular flexibility index (Phi) is 3.45. The van der Waals surface area contributed by atoms with Crippen LogP contribution < -0.4 is 10.3 Å². The van der Waals surface area contributed by atoms with Crippen molar-refractivity contribution >= 4 is 23.0 Å². The number of fused-ring (bicyclic) bond motifs is 1. The molecule has 0 bridgehead atoms. The minimum absolute atomic E-state index is 0.227. The molecule has 3 heterocycles. The molecule has 8 heteroatoms. The van der Waals surface area contributed by atoms with E-state index in [4.69, 9.17) is 16.3 Å². The normalized spacial score (nSPS) is 15.3. The topological polar surface area (TPSA) is 87.3 Å². The molecule has 0 aliphatic carbocycles. The molecule has 1 aliphatic heterocycles. The fourth-order valence-electron chi connectivity index (χ4n) is 2.37. The molecule has 0 amide bonds. The minimum Gasteiger partial charge on any atom is -0.467 e. The summed E-state index contributed by atoms with van der Waals surface area (Å²) in [7, 11) is 0. The lowest BCUT2D eigenvalue weighted by atomic mass is 10.0. The molecule has 7 nitrogen and oxygen atoms in total. The van der Waals surface area contributed by atoms with E-state index in [1.807, 2.05) is 0 Å². The molecule has 0 aromatic carbocycles. The van der Waals surface area contributed by atoms with Crippen molar-refractivity contribution in [1.82, 2.24) is 9.55 Å². The maximum atomic E-state index is 12.4. The van der Waals surface area contributed by atoms with E-state index < -0.39 is 16.1 Å². The number of ether oxygens (including phenoxy) is 1. The smallest absolute Gasteiger partial charge is 0.287 e. The minimum atomic E-state index is -0.729. The van der Waals surface area contributed by atoms with Gasteiger partial charge in [-0.2, -0.15) is 0 Å². The lowest BCUT2D eigenvalue weighted by Gasteiger charge is -2.30. The van der Waals surface area contributed by atoms with Crippen LogP contribution in [0.15, 0.2) is 41.5 Å². The number of hydrogen-bond acceptors (Lipinski definition) is 5. The van der Waals surface area contributed by atoms with Crippen LogP contribution in [0.5, 0.6) is 5.88 Å². The van der Waals surface area contributed by atoms with Gasteiger partial charge in [0.05, 0.1) is 22.4 Å². The Balaban J connectivity index is 2.31. The molecule has 23 heavy (non-hydrogen) atoms. The summed E-state index contributed by atoms with van der Waals surface area (Å²) < 4.78 is 6.91. The number of hydrogen-bond donors (Lipinski definition) is 0. The highest BCUT2D eigenvalue weighted by atomic mass is 35.5. The number of halogens is 1. The molecule has 118 valence electrons. The van der Waals surface area contributed by atoms with E-state index in [1.54, 1.807) is 38.3 Å². The molecule has 0 saturated heterocycles. The number of aromatic nitrogens is 2. The molecule has 0 atom stereocenters. The number of nitro groups is 1. The SMILES string of the molecule is CC1(C)C=C(n2cc([N+](=O)[O-])cc(Cl)c2=O)c2cccnc2O1. The van der Waals surface area contributed by atoms with Crippen molar-refractivity contribution in [1.29, 1.82) is 0 Å². The molecule has 0 spiro atoms. The largest absolute Gasteiger partial charge is 0.467 e. The quantitative estimate of drug-likeness (QED) is 0.623. The highest BCUT2D eigenvalue weighted by Crippen LogP contribution is 2.35. The zero-order chi connectivity index (χ0) is 16.8. The van der Waals surface area contributed by atoms with Gasteiger partial charge < -0.3 is 4.74 Å². The molecule has 0 saturated carbocycles. The maximum absolute atomic E-state index is 12.4. The summed E-state index contributed by atoms with van der Waals surface area (Å²) in [6, 6.07) is 4.45. The summed E-state index contributed by atoms with van der Waals surface area (Å²) in [4.78, 5) is 27.0. The zero-order valence-electron chi connectivity index (χ0n) is 12.3. The van der Waals surface area contributed by atoms with Crippen molar-refractivity contribution < 1.29 is 9.66 Å². The molecule has 0 N–H and O–H groups in total. The predicted molar refractivity (Wildman–Crippen MR) is 84.7 cm³/mol. The second-order valence-electron chi connectivity index (χ2n) is 5.57. The first-order valence-electron chi connectivity index (χ1n) is 6.73. The third-order valence-electron chi connectivity index (χ3n) is 3.32. The van der Waals surface area contributed by atoms with Crippen molar-refractivity contribution in [2.75, 3.05) is 0 Å². The van der Waals surface area contributed by atoms with E-state index >= 15 is 0 Å². The third-order valence-corrected chi connectivity index (χ3v) is 3.59. The second-order valence-corrected chi connectivity index (χ2v) is 5.98. The molecule has 1 aliphatic rings. The Labute approximate surface area is 135 Å². The van der Waals surface area contributed by atoms with Crippen LogP contribution in [0.25, 0.3) is 5.70 Å². The molecular weight excluding hydrogens is 322 g/mol. The van der Waals surface area contributed by atoms with E-state index in [-0.39, 0.29) is 10.7 Å². The number of nitrogens with zero attached hydrogens (tertiary/aromatic N) is 3. The van der Waals surface area contributed by atoms with Crippen LogP contribution in [0.3, 0.4) is 0 Å². The molecule has 2 aromatic rings. The Bertz CT molecular complexity index is 902. The van der Waals surface area contributed by atoms with Gasteiger partial charge in [-0.1, -0.05) is 11.6 Å². The summed E-state index contributed by atoms with van der Waals surface area (Å²) in [6.45, 7) is 3.60. The lowest BCUT2D eigenvalue weighted by molar-refractivity contribution is -0.385. The maximum Gasteiger partial charge on any atom is 0.287 e. The van der Waals surface area contributed by atoms with E-state index in [9.17, 15) is 14.9 Å². The van der Waals surface area contributed by atoms with Crippen molar-refractivity contribution in [3.05, 3.63) is 67.7 Å². The van der Waals surface area contributed by atoms with Crippen molar-refractivity contribution in [2.45, 2.75) is 19.4 Å². The van der Waals surface area contributed by atoms with Gasteiger partial charge >= 0.3 is 0 Å². The Morgan fingerprint density at radius 1 is 1.43 bits per heavy atom. The van der Waals surface area contributed by atoms with Gasteiger partial charge in [0.1, 0.15) is 10.6 Å². The van der Waals surface area contributed by atoms with Crippen LogP contribution in [0.2, 0.25) is 5.02 Å². The molecular formula is C15H12ClN3O4. The van der Waals surface area contributed by atoms with E-state index in [1.165, 1.54) is 0 Å². The highest BCUT2D eigenvalue weighted by molar-refractivity contribution is 6.30. The molecule has 0 unspecified atom stereocenters. The molecule has 3 rings (SSSR count). The third kappa shape index (κ3) is 2.70. The van der Waals surface area contributed by atoms with Crippen LogP contribution in [0, 0.1) is 10.1 Å². The number of rotatable bonds is 2. The summed E-state index contributed by atoms with van der Waals surface area (Å²) in [5.74, 6) is 0.351. The van der Waals surface area contributed by atoms with Gasteiger partial charge in [0, 0.05) is 12.3 Å². The van der Waals surface area contributed by atoms with Crippen LogP contribution >= 0.6 is 11.6 Å². The van der Waals surface area contributed by atoms with Crippen molar-refractivity contribution in [3.8, 4) is 5.88 Å². The van der Waals surface area contributed by atoms with E-state index in [0.717, 1.165) is 16.8 Å². The van der Waals surface area contributed by atoms with E-state index in [0.29, 0.717) is 17.1 Å². The zero-order valence-corrected chi connectivity index (χ0v) is 13.1. The fraction of sp³-hybridized carbons (Fsp3) is 0.200. The highest BCUT2D eigenvalue weighted by Gasteiger charge is 2.29. The van der Waals surface area contributed by atoms with Crippen LogP contribution in [0.4, 0.5) is 5.69 Å². The Hall–Kier alpha value is -2.67. The first kappa shape index (κ1) is 15.2. The van der Waals surface area contributed by atoms with Gasteiger partial charge in [-0.25, -0.2) is 4.98 Å². The average molecular weight is 334 g/mol. The fourth-order valence-corrected chi connectivity index (χ4v) is 2.57. The van der Waals surface area contributed by atoms with E-state index in [2.05, 4.69) is 4.98 Å². The van der Waals surface area contributed by atoms with Crippen LogP contribution in [0.1, 0.15) is 19.4 Å². The van der Waals surface area contributed by atoms with Gasteiger partial charge in [-0.05, 0) is 32.1 Å². The Morgan fingerprint density at radius 2 is 2.17 bits per heavy atom. The van der Waals surface area contributed by atoms with Crippen molar-refractivity contribution in [2.24, 2.45) is 0 Å². The van der Waals surface area contributed by atoms with Crippen molar-refractivity contribution in [3.63, 3.8) is 0 Å². The standard InChI is InChI=1S/C15H12ClN3O4/c1-15(2)7-12(10-4-3-5-17-13(10)23-15)18-8-9(19(21)22)6-11(16)14(18)20/h3-8H,1-2H3. The first-order chi connectivity index (χ1) is 10.8. The summed E-state index contributed by atoms with van der Waals surface area (Å²) in [5.41, 5.74) is -0.542. The van der Waals surface area contributed by atoms with Crippen LogP contribution in [-0.4, -0.2) is 20.1 Å². The monoisotopic (exact) mass is 333 g/mol. The summed E-state index contributed by atoms with van der Waals surface area (Å²) >= 11 is 5.87. The second kappa shape index (κ2) is 5.20. The lowest BCUT2D eigenvalue weighted by Crippen LogP contribution is -2.32. The van der Waals surface area contributed by atoms with Gasteiger partial charge in [0.15, 0.2) is 0 Å². The summed E-state index contributed by atoms with van der Waals surface area (Å²) in [6.07, 6.45) is 4.43. The van der Waals surface area contributed by atoms with Gasteiger partial charge in [-0.15, -0.1) is 0 Å². The van der Waals surface area contributed by atoms with Gasteiger partial charge in [0.2, 0.25) is 5.88 Å². The first-order valence-corrected chi connectivity index (χ1v) is 7.10. The summed E-state index contributed by atoms with van der Waals surface area (Å²) in [5, 5.41) is 10.8. The van der Waals surface area contributed by atoms with Gasteiger partial charge in [-0.3, -0.25) is 19.5 Å². The van der Waals surface area contributed by atoms with Crippen LogP contribution in [-0.2, 0) is 0 Å². The van der Waals surface area contributed by atoms with Gasteiger partial charge in [0.25, 0.3) is 11.2 Å². The average Bonchev–Trinajstić information content (AvgIpc) is 2.48. The molecule has 2 aromatic heterocycles.